The molecule has 1 fully saturated rings. The largest absolute Gasteiger partial charge is 0.421 e. The van der Waals surface area contributed by atoms with Crippen molar-refractivity contribution in [3.05, 3.63) is 71.9 Å². The Kier molecular flexibility index (Phi) is 6.98. The van der Waals surface area contributed by atoms with Crippen molar-refractivity contribution in [1.29, 1.82) is 0 Å². The molecule has 1 saturated heterocycles. The lowest BCUT2D eigenvalue weighted by atomic mass is 10.0. The van der Waals surface area contributed by atoms with E-state index in [1.807, 2.05) is 30.3 Å². The first kappa shape index (κ1) is 22.8. The fourth-order valence-corrected chi connectivity index (χ4v) is 3.92. The van der Waals surface area contributed by atoms with Crippen LogP contribution in [0.2, 0.25) is 0 Å². The lowest BCUT2D eigenvalue weighted by Gasteiger charge is -2.22. The van der Waals surface area contributed by atoms with Gasteiger partial charge in [-0.2, -0.15) is 18.2 Å². The molecule has 1 atom stereocenters. The zero-order valence-electron chi connectivity index (χ0n) is 18.0. The molecule has 0 bridgehead atoms. The van der Waals surface area contributed by atoms with Crippen molar-refractivity contribution in [3.63, 3.8) is 0 Å². The molecule has 0 saturated carbocycles. The molecular weight excluding hydrogens is 431 g/mol. The minimum atomic E-state index is -4.63. The Labute approximate surface area is 190 Å². The molecule has 9 heteroatoms. The van der Waals surface area contributed by atoms with Crippen LogP contribution in [0.25, 0.3) is 0 Å². The van der Waals surface area contributed by atoms with Crippen molar-refractivity contribution in [2.75, 3.05) is 35.2 Å². The van der Waals surface area contributed by atoms with E-state index in [1.165, 1.54) is 12.8 Å². The minimum Gasteiger partial charge on any atom is -0.396 e. The summed E-state index contributed by atoms with van der Waals surface area (Å²) in [5.41, 5.74) is 1.59. The molecule has 33 heavy (non-hydrogen) atoms. The minimum absolute atomic E-state index is 0.0511. The van der Waals surface area contributed by atoms with E-state index in [-0.39, 0.29) is 24.8 Å². The molecule has 3 N–H and O–H groups in total. The van der Waals surface area contributed by atoms with Crippen molar-refractivity contribution >= 4 is 23.1 Å². The molecule has 6 nitrogen and oxygen atoms in total. The zero-order chi connectivity index (χ0) is 23.3. The van der Waals surface area contributed by atoms with Crippen molar-refractivity contribution in [2.24, 2.45) is 0 Å². The Morgan fingerprint density at radius 3 is 2.33 bits per heavy atom. The topological polar surface area (TPSA) is 73.3 Å². The van der Waals surface area contributed by atoms with Crippen LogP contribution in [0.15, 0.2) is 60.8 Å². The third-order valence-corrected chi connectivity index (χ3v) is 5.62. The van der Waals surface area contributed by atoms with E-state index in [0.29, 0.717) is 5.69 Å². The Hall–Kier alpha value is -3.33. The van der Waals surface area contributed by atoms with E-state index in [0.717, 1.165) is 30.5 Å². The molecule has 4 rings (SSSR count). The third-order valence-electron chi connectivity index (χ3n) is 5.62. The number of aliphatic hydroxyl groups is 1. The zero-order valence-corrected chi connectivity index (χ0v) is 18.0. The summed E-state index contributed by atoms with van der Waals surface area (Å²) in [4.78, 5) is 10.3. The van der Waals surface area contributed by atoms with E-state index in [9.17, 15) is 18.3 Å². The predicted molar refractivity (Wildman–Crippen MR) is 123 cm³/mol. The second-order valence-corrected chi connectivity index (χ2v) is 7.94. The predicted octanol–water partition coefficient (Wildman–Crippen LogP) is 5.37. The van der Waals surface area contributed by atoms with Gasteiger partial charge in [0.2, 0.25) is 5.95 Å². The summed E-state index contributed by atoms with van der Waals surface area (Å²) >= 11 is 0. The van der Waals surface area contributed by atoms with Crippen LogP contribution < -0.4 is 15.5 Å². The maximum absolute atomic E-state index is 13.6. The average Bonchev–Trinajstić information content (AvgIpc) is 3.34. The van der Waals surface area contributed by atoms with Crippen molar-refractivity contribution < 1.29 is 18.3 Å². The van der Waals surface area contributed by atoms with Crippen molar-refractivity contribution in [1.82, 2.24) is 9.97 Å². The second kappa shape index (κ2) is 10.1. The molecule has 0 radical (unpaired) electrons. The first-order chi connectivity index (χ1) is 15.9. The molecular formula is C24H26F3N5O. The van der Waals surface area contributed by atoms with Crippen molar-refractivity contribution in [3.8, 4) is 0 Å². The highest BCUT2D eigenvalue weighted by atomic mass is 19.4. The lowest BCUT2D eigenvalue weighted by Crippen LogP contribution is -2.19. The molecule has 1 unspecified atom stereocenters. The van der Waals surface area contributed by atoms with Gasteiger partial charge >= 0.3 is 6.18 Å². The quantitative estimate of drug-likeness (QED) is 0.422. The molecule has 0 amide bonds. The fourth-order valence-electron chi connectivity index (χ4n) is 3.92. The van der Waals surface area contributed by atoms with Gasteiger partial charge in [-0.3, -0.25) is 0 Å². The summed E-state index contributed by atoms with van der Waals surface area (Å²) < 4.78 is 40.9. The van der Waals surface area contributed by atoms with E-state index < -0.39 is 17.8 Å². The summed E-state index contributed by atoms with van der Waals surface area (Å²) in [5, 5.41) is 15.3. The first-order valence-corrected chi connectivity index (χ1v) is 10.9. The lowest BCUT2D eigenvalue weighted by molar-refractivity contribution is -0.137. The van der Waals surface area contributed by atoms with Crippen LogP contribution in [-0.4, -0.2) is 34.8 Å². The molecule has 174 valence electrons. The molecule has 0 spiro atoms. The maximum Gasteiger partial charge on any atom is 0.421 e. The average molecular weight is 458 g/mol. The molecule has 1 aromatic heterocycles. The normalized spacial score (nSPS) is 14.8. The number of nitrogens with one attached hydrogen (secondary N) is 2. The maximum atomic E-state index is 13.6. The van der Waals surface area contributed by atoms with Gasteiger partial charge in [-0.15, -0.1) is 0 Å². The number of rotatable bonds is 8. The Bertz CT molecular complexity index is 1040. The van der Waals surface area contributed by atoms with Gasteiger partial charge < -0.3 is 20.6 Å². The number of anilines is 4. The number of alkyl halides is 3. The van der Waals surface area contributed by atoms with Crippen LogP contribution in [0.3, 0.4) is 0 Å². The number of aromatic nitrogens is 2. The van der Waals surface area contributed by atoms with Crippen molar-refractivity contribution in [2.45, 2.75) is 31.5 Å². The second-order valence-electron chi connectivity index (χ2n) is 7.94. The van der Waals surface area contributed by atoms with Gasteiger partial charge in [-0.1, -0.05) is 30.3 Å². The molecule has 2 heterocycles. The van der Waals surface area contributed by atoms with Gasteiger partial charge in [0, 0.05) is 37.3 Å². The molecule has 2 aromatic carbocycles. The van der Waals surface area contributed by atoms with Gasteiger partial charge in [-0.25, -0.2) is 4.98 Å². The van der Waals surface area contributed by atoms with Crippen LogP contribution in [0.4, 0.5) is 36.3 Å². The number of nitrogens with zero attached hydrogens (tertiary/aromatic N) is 3. The van der Waals surface area contributed by atoms with E-state index >= 15 is 0 Å². The summed E-state index contributed by atoms with van der Waals surface area (Å²) in [6.07, 6.45) is -1.27. The number of hydrogen-bond acceptors (Lipinski definition) is 6. The van der Waals surface area contributed by atoms with Gasteiger partial charge in [0.25, 0.3) is 0 Å². The SMILES string of the molecule is OCCC(Nc1nc(Nc2ccc(N3CCCC3)cc2)ncc1C(F)(F)F)c1ccccc1. The smallest absolute Gasteiger partial charge is 0.396 e. The van der Waals surface area contributed by atoms with Gasteiger partial charge in [0.15, 0.2) is 0 Å². The number of aliphatic hydroxyl groups excluding tert-OH is 1. The first-order valence-electron chi connectivity index (χ1n) is 10.9. The summed E-state index contributed by atoms with van der Waals surface area (Å²) in [7, 11) is 0. The number of benzene rings is 2. The summed E-state index contributed by atoms with van der Waals surface area (Å²) in [6, 6.07) is 16.1. The molecule has 1 aliphatic rings. The van der Waals surface area contributed by atoms with E-state index in [1.54, 1.807) is 24.3 Å². The Morgan fingerprint density at radius 1 is 1.00 bits per heavy atom. The van der Waals surface area contributed by atoms with Crippen LogP contribution in [0, 0.1) is 0 Å². The highest BCUT2D eigenvalue weighted by Gasteiger charge is 2.36. The fraction of sp³-hybridized carbons (Fsp3) is 0.333. The number of halogens is 3. The monoisotopic (exact) mass is 457 g/mol. The van der Waals surface area contributed by atoms with Crippen LogP contribution in [0.1, 0.15) is 36.4 Å². The van der Waals surface area contributed by atoms with E-state index in [2.05, 4.69) is 25.5 Å². The van der Waals surface area contributed by atoms with Gasteiger partial charge in [-0.05, 0) is 49.1 Å². The Morgan fingerprint density at radius 2 is 1.70 bits per heavy atom. The van der Waals surface area contributed by atoms with Crippen LogP contribution >= 0.6 is 0 Å². The molecule has 1 aliphatic heterocycles. The van der Waals surface area contributed by atoms with Gasteiger partial charge in [0.1, 0.15) is 11.4 Å². The standard InChI is InChI=1S/C24H26F3N5O/c25-24(26,27)20-16-28-23(29-18-8-10-19(11-9-18)32-13-4-5-14-32)31-22(20)30-21(12-15-33)17-6-2-1-3-7-17/h1-3,6-11,16,21,33H,4-5,12-15H2,(H2,28,29,30,31). The number of hydrogen-bond donors (Lipinski definition) is 3. The summed E-state index contributed by atoms with van der Waals surface area (Å²) in [5.74, 6) is -0.286. The van der Waals surface area contributed by atoms with Crippen LogP contribution in [0.5, 0.6) is 0 Å². The Balaban J connectivity index is 1.58. The van der Waals surface area contributed by atoms with Gasteiger partial charge in [0.05, 0.1) is 6.04 Å². The molecule has 3 aromatic rings. The highest BCUT2D eigenvalue weighted by Crippen LogP contribution is 2.36. The van der Waals surface area contributed by atoms with E-state index in [4.69, 9.17) is 0 Å². The van der Waals surface area contributed by atoms with Crippen LogP contribution in [-0.2, 0) is 6.18 Å². The summed E-state index contributed by atoms with van der Waals surface area (Å²) in [6.45, 7) is 1.87. The molecule has 0 aliphatic carbocycles. The highest BCUT2D eigenvalue weighted by molar-refractivity contribution is 5.61. The third kappa shape index (κ3) is 5.73.